The van der Waals surface area contributed by atoms with Crippen molar-refractivity contribution in [3.05, 3.63) is 46.5 Å². The summed E-state index contributed by atoms with van der Waals surface area (Å²) in [5.74, 6) is -1.84. The first-order valence-electron chi connectivity index (χ1n) is 7.52. The molecule has 24 heavy (non-hydrogen) atoms. The molecule has 7 heteroatoms. The Morgan fingerprint density at radius 3 is 2.21 bits per heavy atom. The summed E-state index contributed by atoms with van der Waals surface area (Å²) in [6.45, 7) is 3.40. The van der Waals surface area contributed by atoms with Crippen molar-refractivity contribution in [2.24, 2.45) is 0 Å². The van der Waals surface area contributed by atoms with Crippen LogP contribution in [0, 0.1) is 0 Å². The third kappa shape index (κ3) is 7.41. The molecule has 0 saturated carbocycles. The second-order valence-electron chi connectivity index (χ2n) is 4.77. The molecule has 0 bridgehead atoms. The Bertz CT molecular complexity index is 598. The Balaban J connectivity index is 2.45. The highest BCUT2D eigenvalue weighted by Gasteiger charge is 2.13. The van der Waals surface area contributed by atoms with Crippen LogP contribution in [0.3, 0.4) is 0 Å². The van der Waals surface area contributed by atoms with E-state index in [1.54, 1.807) is 6.92 Å². The first-order chi connectivity index (χ1) is 11.5. The van der Waals surface area contributed by atoms with Crippen molar-refractivity contribution >= 4 is 33.8 Å². The van der Waals surface area contributed by atoms with Crippen LogP contribution < -0.4 is 5.32 Å². The molecule has 0 radical (unpaired) electrons. The number of hydrogen-bond acceptors (Lipinski definition) is 5. The van der Waals surface area contributed by atoms with Gasteiger partial charge in [-0.15, -0.1) is 0 Å². The largest absolute Gasteiger partial charge is 0.463 e. The molecule has 1 rings (SSSR count). The molecule has 1 aromatic carbocycles. The Morgan fingerprint density at radius 1 is 1.08 bits per heavy atom. The van der Waals surface area contributed by atoms with Crippen LogP contribution in [0.4, 0.5) is 0 Å². The molecule has 0 aromatic heterocycles. The Labute approximate surface area is 149 Å². The molecule has 0 aliphatic rings. The monoisotopic (exact) mass is 397 g/mol. The zero-order valence-electron chi connectivity index (χ0n) is 13.6. The number of amides is 1. The van der Waals surface area contributed by atoms with Crippen LogP contribution in [0.25, 0.3) is 0 Å². The number of carbonyl (C=O) groups excluding carboxylic acids is 3. The second-order valence-corrected chi connectivity index (χ2v) is 5.69. The molecule has 1 amide bonds. The summed E-state index contributed by atoms with van der Waals surface area (Å²) in [7, 11) is 0. The molecule has 130 valence electrons. The predicted octanol–water partition coefficient (Wildman–Crippen LogP) is 2.68. The first-order valence-corrected chi connectivity index (χ1v) is 8.32. The van der Waals surface area contributed by atoms with E-state index in [4.69, 9.17) is 4.74 Å². The van der Waals surface area contributed by atoms with E-state index in [2.05, 4.69) is 26.0 Å². The maximum absolute atomic E-state index is 11.9. The quantitative estimate of drug-likeness (QED) is 0.538. The number of ether oxygens (including phenoxy) is 2. The fraction of sp³-hybridized carbons (Fsp3) is 0.353. The van der Waals surface area contributed by atoms with E-state index < -0.39 is 24.5 Å². The molecule has 6 nitrogen and oxygen atoms in total. The van der Waals surface area contributed by atoms with Gasteiger partial charge in [-0.25, -0.2) is 9.59 Å². The standard InChI is InChI=1S/C17H20BrNO5/c1-3-14(12-5-7-13(18)8-6-12)19-15(20)11-24-17(22)10-9-16(21)23-4-2/h5-10,14H,3-4,11H2,1-2H3,(H,19,20)/b10-9+/t14-/m0/s1. The van der Waals surface area contributed by atoms with E-state index in [-0.39, 0.29) is 12.6 Å². The van der Waals surface area contributed by atoms with Crippen molar-refractivity contribution in [3.63, 3.8) is 0 Å². The number of carbonyl (C=O) groups is 3. The van der Waals surface area contributed by atoms with Crippen LogP contribution in [-0.4, -0.2) is 31.1 Å². The summed E-state index contributed by atoms with van der Waals surface area (Å²) in [4.78, 5) is 34.4. The SMILES string of the molecule is CCOC(=O)/C=C/C(=O)OCC(=O)N[C@@H](CC)c1ccc(Br)cc1. The van der Waals surface area contributed by atoms with Crippen molar-refractivity contribution in [2.45, 2.75) is 26.3 Å². The maximum Gasteiger partial charge on any atom is 0.331 e. The van der Waals surface area contributed by atoms with Gasteiger partial charge in [-0.05, 0) is 31.0 Å². The van der Waals surface area contributed by atoms with Crippen molar-refractivity contribution in [1.29, 1.82) is 0 Å². The van der Waals surface area contributed by atoms with Crippen LogP contribution >= 0.6 is 15.9 Å². The van der Waals surface area contributed by atoms with Gasteiger partial charge in [-0.2, -0.15) is 0 Å². The van der Waals surface area contributed by atoms with E-state index >= 15 is 0 Å². The summed E-state index contributed by atoms with van der Waals surface area (Å²) < 4.78 is 10.4. The van der Waals surface area contributed by atoms with Crippen LogP contribution in [0.2, 0.25) is 0 Å². The summed E-state index contributed by atoms with van der Waals surface area (Å²) in [6, 6.07) is 7.44. The summed E-state index contributed by atoms with van der Waals surface area (Å²) >= 11 is 3.36. The molecule has 0 aliphatic carbocycles. The minimum atomic E-state index is -0.783. The van der Waals surface area contributed by atoms with Gasteiger partial charge in [0.1, 0.15) is 0 Å². The van der Waals surface area contributed by atoms with Crippen LogP contribution in [0.5, 0.6) is 0 Å². The third-order valence-corrected chi connectivity index (χ3v) is 3.53. The fourth-order valence-corrected chi connectivity index (χ4v) is 2.13. The molecule has 0 unspecified atom stereocenters. The summed E-state index contributed by atoms with van der Waals surface area (Å²) in [5.41, 5.74) is 0.961. The Kier molecular flexibility index (Phi) is 8.78. The maximum atomic E-state index is 11.9. The van der Waals surface area contributed by atoms with Gasteiger partial charge in [-0.3, -0.25) is 4.79 Å². The van der Waals surface area contributed by atoms with Crippen molar-refractivity contribution in [2.75, 3.05) is 13.2 Å². The lowest BCUT2D eigenvalue weighted by Gasteiger charge is -2.17. The van der Waals surface area contributed by atoms with E-state index in [1.165, 1.54) is 0 Å². The predicted molar refractivity (Wildman–Crippen MR) is 92.0 cm³/mol. The highest BCUT2D eigenvalue weighted by Crippen LogP contribution is 2.19. The lowest BCUT2D eigenvalue weighted by molar-refractivity contribution is -0.144. The second kappa shape index (κ2) is 10.6. The Hall–Kier alpha value is -2.15. The molecule has 1 aromatic rings. The smallest absolute Gasteiger partial charge is 0.331 e. The van der Waals surface area contributed by atoms with E-state index in [9.17, 15) is 14.4 Å². The molecular weight excluding hydrogens is 378 g/mol. The lowest BCUT2D eigenvalue weighted by atomic mass is 10.0. The van der Waals surface area contributed by atoms with Gasteiger partial charge in [-0.1, -0.05) is 35.0 Å². The minimum Gasteiger partial charge on any atom is -0.463 e. The van der Waals surface area contributed by atoms with Gasteiger partial charge in [0.25, 0.3) is 5.91 Å². The number of esters is 2. The lowest BCUT2D eigenvalue weighted by Crippen LogP contribution is -2.32. The number of benzene rings is 1. The van der Waals surface area contributed by atoms with Gasteiger partial charge in [0.2, 0.25) is 0 Å². The number of rotatable bonds is 8. The van der Waals surface area contributed by atoms with Gasteiger partial charge in [0.15, 0.2) is 6.61 Å². The molecular formula is C17H20BrNO5. The van der Waals surface area contributed by atoms with Crippen molar-refractivity contribution < 1.29 is 23.9 Å². The van der Waals surface area contributed by atoms with Crippen molar-refractivity contribution in [3.8, 4) is 0 Å². The van der Waals surface area contributed by atoms with Crippen LogP contribution in [0.1, 0.15) is 31.9 Å². The highest BCUT2D eigenvalue weighted by molar-refractivity contribution is 9.10. The molecule has 1 atom stereocenters. The molecule has 0 spiro atoms. The summed E-state index contributed by atoms with van der Waals surface area (Å²) in [6.07, 6.45) is 2.59. The minimum absolute atomic E-state index is 0.167. The van der Waals surface area contributed by atoms with Gasteiger partial charge < -0.3 is 14.8 Å². The first kappa shape index (κ1) is 19.9. The average Bonchev–Trinajstić information content (AvgIpc) is 2.57. The molecule has 0 aliphatic heterocycles. The Morgan fingerprint density at radius 2 is 1.67 bits per heavy atom. The van der Waals surface area contributed by atoms with Crippen molar-refractivity contribution in [1.82, 2.24) is 5.32 Å². The topological polar surface area (TPSA) is 81.7 Å². The highest BCUT2D eigenvalue weighted by atomic mass is 79.9. The zero-order valence-corrected chi connectivity index (χ0v) is 15.2. The average molecular weight is 398 g/mol. The molecule has 1 N–H and O–H groups in total. The number of hydrogen-bond donors (Lipinski definition) is 1. The van der Waals surface area contributed by atoms with E-state index in [0.717, 1.165) is 22.2 Å². The third-order valence-electron chi connectivity index (χ3n) is 3.00. The molecule has 0 fully saturated rings. The molecule has 0 saturated heterocycles. The fourth-order valence-electron chi connectivity index (χ4n) is 1.86. The number of halogens is 1. The molecule has 0 heterocycles. The normalized spacial score (nSPS) is 11.8. The summed E-state index contributed by atoms with van der Waals surface area (Å²) in [5, 5.41) is 2.80. The van der Waals surface area contributed by atoms with Gasteiger partial charge >= 0.3 is 11.9 Å². The van der Waals surface area contributed by atoms with Gasteiger partial charge in [0.05, 0.1) is 12.6 Å². The van der Waals surface area contributed by atoms with Crippen LogP contribution in [-0.2, 0) is 23.9 Å². The van der Waals surface area contributed by atoms with Crippen LogP contribution in [0.15, 0.2) is 40.9 Å². The van der Waals surface area contributed by atoms with E-state index in [1.807, 2.05) is 31.2 Å². The zero-order chi connectivity index (χ0) is 17.9. The van der Waals surface area contributed by atoms with E-state index in [0.29, 0.717) is 6.42 Å². The van der Waals surface area contributed by atoms with Gasteiger partial charge in [0, 0.05) is 16.6 Å². The number of nitrogens with one attached hydrogen (secondary N) is 1.